The van der Waals surface area contributed by atoms with Crippen molar-refractivity contribution in [3.05, 3.63) is 70.6 Å². The molecule has 0 spiro atoms. The molecule has 29 heavy (non-hydrogen) atoms. The van der Waals surface area contributed by atoms with Gasteiger partial charge in [-0.05, 0) is 40.2 Å². The Hall–Kier alpha value is -2.27. The van der Waals surface area contributed by atoms with Gasteiger partial charge in [0, 0.05) is 32.3 Å². The van der Waals surface area contributed by atoms with Gasteiger partial charge >= 0.3 is 5.97 Å². The topological polar surface area (TPSA) is 102 Å². The fourth-order valence-electron chi connectivity index (χ4n) is 2.65. The van der Waals surface area contributed by atoms with Crippen molar-refractivity contribution in [1.29, 1.82) is 0 Å². The number of benzene rings is 2. The van der Waals surface area contributed by atoms with Gasteiger partial charge in [-0.2, -0.15) is 0 Å². The van der Waals surface area contributed by atoms with E-state index in [0.717, 1.165) is 11.3 Å². The Labute approximate surface area is 188 Å². The number of hydrogen-bond acceptors (Lipinski definition) is 7. The number of nitro benzene ring substituents is 1. The van der Waals surface area contributed by atoms with Crippen molar-refractivity contribution >= 4 is 88.5 Å². The van der Waals surface area contributed by atoms with Gasteiger partial charge in [0.05, 0.1) is 14.4 Å². The van der Waals surface area contributed by atoms with Gasteiger partial charge in [0.15, 0.2) is 5.70 Å². The van der Waals surface area contributed by atoms with Crippen LogP contribution in [-0.4, -0.2) is 21.9 Å². The first-order chi connectivity index (χ1) is 13.7. The molecule has 146 valence electrons. The van der Waals surface area contributed by atoms with Gasteiger partial charge in [0.1, 0.15) is 10.6 Å². The maximum Gasteiger partial charge on any atom is 0.363 e. The number of aliphatic imine (C=N–C) groups is 1. The summed E-state index contributed by atoms with van der Waals surface area (Å²) in [6, 6.07) is 7.59. The monoisotopic (exact) mass is 556 g/mol. The Kier molecular flexibility index (Phi) is 5.19. The molecule has 1 N–H and O–H groups in total. The minimum absolute atomic E-state index is 0.00338. The lowest BCUT2D eigenvalue weighted by molar-refractivity contribution is -0.384. The van der Waals surface area contributed by atoms with Gasteiger partial charge in [-0.3, -0.25) is 10.1 Å². The number of phenols is 1. The summed E-state index contributed by atoms with van der Waals surface area (Å²) in [7, 11) is 0. The summed E-state index contributed by atoms with van der Waals surface area (Å²) >= 11 is 14.1. The molecule has 0 bridgehead atoms. The van der Waals surface area contributed by atoms with Crippen LogP contribution in [0.5, 0.6) is 5.75 Å². The molecule has 1 aliphatic rings. The summed E-state index contributed by atoms with van der Waals surface area (Å²) in [5.74, 6) is -0.747. The summed E-state index contributed by atoms with van der Waals surface area (Å²) in [4.78, 5) is 27.3. The van der Waals surface area contributed by atoms with E-state index < -0.39 is 10.9 Å². The number of hydrogen-bond donors (Lipinski definition) is 1. The second-order valence-corrected chi connectivity index (χ2v) is 9.04. The van der Waals surface area contributed by atoms with Crippen LogP contribution in [0.25, 0.3) is 16.2 Å². The number of aromatic hydroxyl groups is 1. The number of fused-ring (bicyclic) bond motifs is 1. The Morgan fingerprint density at radius 1 is 1.28 bits per heavy atom. The molecule has 0 saturated heterocycles. The molecule has 0 unspecified atom stereocenters. The summed E-state index contributed by atoms with van der Waals surface area (Å²) in [5, 5.41) is 22.0. The molecular weight excluding hydrogens is 552 g/mol. The first-order valence-corrected chi connectivity index (χ1v) is 10.6. The van der Waals surface area contributed by atoms with E-state index >= 15 is 0 Å². The second kappa shape index (κ2) is 7.52. The number of rotatable bonds is 3. The highest BCUT2D eigenvalue weighted by Crippen LogP contribution is 2.39. The molecule has 7 nitrogen and oxygen atoms in total. The number of nitrogens with zero attached hydrogens (tertiary/aromatic N) is 2. The number of carbonyl (C=O) groups is 1. The van der Waals surface area contributed by atoms with Gasteiger partial charge < -0.3 is 9.84 Å². The summed E-state index contributed by atoms with van der Waals surface area (Å²) < 4.78 is 6.96. The van der Waals surface area contributed by atoms with E-state index in [0.29, 0.717) is 34.5 Å². The van der Waals surface area contributed by atoms with E-state index in [-0.39, 0.29) is 23.0 Å². The third kappa shape index (κ3) is 3.68. The lowest BCUT2D eigenvalue weighted by Gasteiger charge is -2.03. The van der Waals surface area contributed by atoms with Gasteiger partial charge in [0.2, 0.25) is 5.90 Å². The maximum absolute atomic E-state index is 12.3. The van der Waals surface area contributed by atoms with Crippen molar-refractivity contribution in [3.63, 3.8) is 0 Å². The van der Waals surface area contributed by atoms with Gasteiger partial charge in [-0.25, -0.2) is 9.79 Å². The summed E-state index contributed by atoms with van der Waals surface area (Å²) in [6.07, 6.45) is 1.40. The standard InChI is InChI=1S/C18H7Br2ClN2O5S/c19-8-3-7(15(24)11(20)5-8)4-12-18(25)28-17(22-12)16-14(21)10-2-1-9(23(26)27)6-13(10)29-16/h1-6,24H/b12-4+. The number of cyclic esters (lactones) is 1. The molecule has 3 aromatic rings. The molecule has 0 aliphatic carbocycles. The van der Waals surface area contributed by atoms with Crippen LogP contribution in [0, 0.1) is 10.1 Å². The molecule has 0 fully saturated rings. The molecular formula is C18H7Br2ClN2O5S. The van der Waals surface area contributed by atoms with Crippen molar-refractivity contribution < 1.29 is 19.6 Å². The van der Waals surface area contributed by atoms with Gasteiger partial charge in [0.25, 0.3) is 5.69 Å². The lowest BCUT2D eigenvalue weighted by Crippen LogP contribution is -2.04. The first kappa shape index (κ1) is 20.0. The highest BCUT2D eigenvalue weighted by molar-refractivity contribution is 9.11. The molecule has 1 aromatic heterocycles. The predicted molar refractivity (Wildman–Crippen MR) is 118 cm³/mol. The van der Waals surface area contributed by atoms with E-state index in [2.05, 4.69) is 36.9 Å². The molecule has 4 rings (SSSR count). The molecule has 0 atom stereocenters. The van der Waals surface area contributed by atoms with Crippen molar-refractivity contribution in [2.24, 2.45) is 4.99 Å². The Morgan fingerprint density at radius 3 is 2.76 bits per heavy atom. The minimum atomic E-state index is -0.699. The maximum atomic E-state index is 12.3. The average molecular weight is 559 g/mol. The van der Waals surface area contributed by atoms with Crippen molar-refractivity contribution in [2.75, 3.05) is 0 Å². The van der Waals surface area contributed by atoms with E-state index in [1.807, 2.05) is 0 Å². The Morgan fingerprint density at radius 2 is 2.03 bits per heavy atom. The van der Waals surface area contributed by atoms with Crippen LogP contribution in [0.4, 0.5) is 5.69 Å². The number of non-ortho nitro benzene ring substituents is 1. The quantitative estimate of drug-likeness (QED) is 0.183. The number of nitro groups is 1. The number of phenolic OH excluding ortho intramolecular Hbond substituents is 1. The zero-order valence-electron chi connectivity index (χ0n) is 14.0. The average Bonchev–Trinajstić information content (AvgIpc) is 3.19. The molecule has 0 amide bonds. The zero-order valence-corrected chi connectivity index (χ0v) is 18.7. The number of carbonyl (C=O) groups excluding carboxylic acids is 1. The van der Waals surface area contributed by atoms with Crippen LogP contribution in [0.15, 0.2) is 50.0 Å². The molecule has 11 heteroatoms. The molecule has 2 aromatic carbocycles. The van der Waals surface area contributed by atoms with Crippen LogP contribution in [-0.2, 0) is 9.53 Å². The van der Waals surface area contributed by atoms with Crippen LogP contribution in [0.3, 0.4) is 0 Å². The SMILES string of the molecule is O=C1OC(c2sc3cc([N+](=O)[O-])ccc3c2Cl)=N/C1=C/c1cc(Br)cc(Br)c1O. The smallest absolute Gasteiger partial charge is 0.363 e. The highest BCUT2D eigenvalue weighted by Gasteiger charge is 2.28. The van der Waals surface area contributed by atoms with E-state index in [4.69, 9.17) is 16.3 Å². The van der Waals surface area contributed by atoms with E-state index in [1.54, 1.807) is 18.2 Å². The van der Waals surface area contributed by atoms with Crippen molar-refractivity contribution in [3.8, 4) is 5.75 Å². The fraction of sp³-hybridized carbons (Fsp3) is 0. The van der Waals surface area contributed by atoms with Gasteiger partial charge in [-0.1, -0.05) is 27.5 Å². The Balaban J connectivity index is 1.78. The first-order valence-electron chi connectivity index (χ1n) is 7.82. The normalized spacial score (nSPS) is 15.1. The van der Waals surface area contributed by atoms with Crippen LogP contribution in [0.1, 0.15) is 10.4 Å². The molecule has 0 saturated carbocycles. The van der Waals surface area contributed by atoms with Crippen molar-refractivity contribution in [2.45, 2.75) is 0 Å². The lowest BCUT2D eigenvalue weighted by atomic mass is 10.1. The summed E-state index contributed by atoms with van der Waals surface area (Å²) in [5.41, 5.74) is 0.282. The van der Waals surface area contributed by atoms with E-state index in [1.165, 1.54) is 18.2 Å². The summed E-state index contributed by atoms with van der Waals surface area (Å²) in [6.45, 7) is 0. The number of ether oxygens (including phenoxy) is 1. The molecule has 1 aliphatic heterocycles. The predicted octanol–water partition coefficient (Wildman–Crippen LogP) is 6.04. The highest BCUT2D eigenvalue weighted by atomic mass is 79.9. The zero-order chi connectivity index (χ0) is 20.9. The number of thiophene rings is 1. The molecule has 2 heterocycles. The fourth-order valence-corrected chi connectivity index (χ4v) is 5.38. The number of halogens is 3. The Bertz CT molecular complexity index is 1280. The third-order valence-corrected chi connectivity index (χ3v) is 6.70. The number of esters is 1. The van der Waals surface area contributed by atoms with Crippen LogP contribution < -0.4 is 0 Å². The largest absolute Gasteiger partial charge is 0.506 e. The van der Waals surface area contributed by atoms with Crippen LogP contribution >= 0.6 is 54.8 Å². The van der Waals surface area contributed by atoms with Crippen molar-refractivity contribution in [1.82, 2.24) is 0 Å². The van der Waals surface area contributed by atoms with Crippen LogP contribution in [0.2, 0.25) is 5.02 Å². The van der Waals surface area contributed by atoms with E-state index in [9.17, 15) is 20.0 Å². The molecule has 0 radical (unpaired) electrons. The van der Waals surface area contributed by atoms with Gasteiger partial charge in [-0.15, -0.1) is 11.3 Å². The second-order valence-electron chi connectivity index (χ2n) is 5.84. The minimum Gasteiger partial charge on any atom is -0.506 e. The third-order valence-electron chi connectivity index (χ3n) is 3.99.